The zero-order valence-corrected chi connectivity index (χ0v) is 8.99. The van der Waals surface area contributed by atoms with Gasteiger partial charge in [-0.15, -0.1) is 0 Å². The van der Waals surface area contributed by atoms with Crippen molar-refractivity contribution in [2.24, 2.45) is 11.3 Å². The lowest BCUT2D eigenvalue weighted by molar-refractivity contribution is 0.170. The second kappa shape index (κ2) is 4.90. The number of hydrazine groups is 1. The van der Waals surface area contributed by atoms with Gasteiger partial charge in [0.1, 0.15) is 5.82 Å². The molecule has 0 aromatic carbocycles. The van der Waals surface area contributed by atoms with Crippen molar-refractivity contribution in [3.63, 3.8) is 0 Å². The van der Waals surface area contributed by atoms with Crippen LogP contribution in [0.4, 0.5) is 11.6 Å². The zero-order valence-electron chi connectivity index (χ0n) is 8.99. The van der Waals surface area contributed by atoms with Gasteiger partial charge in [-0.25, -0.2) is 10.8 Å². The van der Waals surface area contributed by atoms with Crippen LogP contribution >= 0.6 is 0 Å². The van der Waals surface area contributed by atoms with Gasteiger partial charge in [-0.05, 0) is 0 Å². The monoisotopic (exact) mass is 211 g/mol. The van der Waals surface area contributed by atoms with Gasteiger partial charge < -0.3 is 15.8 Å². The molecule has 1 aromatic heterocycles. The maximum Gasteiger partial charge on any atom is 0.160 e. The van der Waals surface area contributed by atoms with Crippen molar-refractivity contribution in [1.82, 2.24) is 9.97 Å². The summed E-state index contributed by atoms with van der Waals surface area (Å²) >= 11 is 0. The number of rotatable bonds is 5. The van der Waals surface area contributed by atoms with Crippen molar-refractivity contribution in [2.75, 3.05) is 23.9 Å². The van der Waals surface area contributed by atoms with E-state index in [0.717, 1.165) is 0 Å². The predicted octanol–water partition coefficient (Wildman–Crippen LogP) is 0.193. The molecule has 0 aliphatic rings. The van der Waals surface area contributed by atoms with Crippen LogP contribution < -0.4 is 16.6 Å². The van der Waals surface area contributed by atoms with Gasteiger partial charge in [-0.2, -0.15) is 0 Å². The lowest BCUT2D eigenvalue weighted by Gasteiger charge is -2.22. The minimum atomic E-state index is -0.187. The average molecular weight is 211 g/mol. The molecule has 6 nitrogen and oxygen atoms in total. The molecule has 5 N–H and O–H groups in total. The number of nitrogen functional groups attached to an aromatic ring is 1. The molecule has 0 saturated heterocycles. The van der Waals surface area contributed by atoms with Crippen LogP contribution in [0, 0.1) is 5.41 Å². The molecule has 1 rings (SSSR count). The molecule has 0 radical (unpaired) electrons. The van der Waals surface area contributed by atoms with Crippen molar-refractivity contribution in [3.05, 3.63) is 12.4 Å². The van der Waals surface area contributed by atoms with Gasteiger partial charge >= 0.3 is 0 Å². The van der Waals surface area contributed by atoms with Gasteiger partial charge in [0.25, 0.3) is 0 Å². The molecule has 0 fully saturated rings. The van der Waals surface area contributed by atoms with Crippen LogP contribution in [0.5, 0.6) is 0 Å². The SMILES string of the molecule is CC(C)(CO)CNc1cncc(NN)n1. The molecule has 84 valence electrons. The zero-order chi connectivity index (χ0) is 11.3. The van der Waals surface area contributed by atoms with Gasteiger partial charge in [0, 0.05) is 18.6 Å². The average Bonchev–Trinajstić information content (AvgIpc) is 2.27. The van der Waals surface area contributed by atoms with E-state index in [1.54, 1.807) is 6.20 Å². The Bertz CT molecular complexity index is 315. The second-order valence-electron chi connectivity index (χ2n) is 4.11. The Morgan fingerprint density at radius 3 is 2.67 bits per heavy atom. The summed E-state index contributed by atoms with van der Waals surface area (Å²) in [6.45, 7) is 4.64. The summed E-state index contributed by atoms with van der Waals surface area (Å²) in [5.74, 6) is 6.34. The fraction of sp³-hybridized carbons (Fsp3) is 0.556. The Morgan fingerprint density at radius 2 is 2.07 bits per heavy atom. The van der Waals surface area contributed by atoms with Crippen LogP contribution in [0.25, 0.3) is 0 Å². The van der Waals surface area contributed by atoms with Crippen LogP contribution in [0.15, 0.2) is 12.4 Å². The van der Waals surface area contributed by atoms with E-state index < -0.39 is 0 Å². The second-order valence-corrected chi connectivity index (χ2v) is 4.11. The molecular weight excluding hydrogens is 194 g/mol. The minimum Gasteiger partial charge on any atom is -0.396 e. The lowest BCUT2D eigenvalue weighted by Crippen LogP contribution is -2.27. The topological polar surface area (TPSA) is 96.1 Å². The summed E-state index contributed by atoms with van der Waals surface area (Å²) in [6, 6.07) is 0. The van der Waals surface area contributed by atoms with Gasteiger partial charge in [0.05, 0.1) is 12.4 Å². The Labute approximate surface area is 88.9 Å². The third-order valence-electron chi connectivity index (χ3n) is 1.96. The van der Waals surface area contributed by atoms with Crippen LogP contribution in [-0.4, -0.2) is 28.2 Å². The molecule has 0 amide bonds. The van der Waals surface area contributed by atoms with Crippen LogP contribution in [0.2, 0.25) is 0 Å². The number of aliphatic hydroxyl groups excluding tert-OH is 1. The molecule has 15 heavy (non-hydrogen) atoms. The van der Waals surface area contributed by atoms with Crippen LogP contribution in [0.1, 0.15) is 13.8 Å². The van der Waals surface area contributed by atoms with Gasteiger partial charge in [0.15, 0.2) is 5.82 Å². The van der Waals surface area contributed by atoms with Crippen molar-refractivity contribution < 1.29 is 5.11 Å². The van der Waals surface area contributed by atoms with E-state index in [1.165, 1.54) is 6.20 Å². The number of aromatic nitrogens is 2. The highest BCUT2D eigenvalue weighted by molar-refractivity contribution is 5.40. The first kappa shape index (κ1) is 11.7. The molecule has 0 unspecified atom stereocenters. The predicted molar refractivity (Wildman–Crippen MR) is 59.2 cm³/mol. The molecule has 1 heterocycles. The number of nitrogens with two attached hydrogens (primary N) is 1. The standard InChI is InChI=1S/C9H17N5O/c1-9(2,6-15)5-12-7-3-11-4-8(13-7)14-10/h3-4,15H,5-6,10H2,1-2H3,(H2,12,13,14). The quantitative estimate of drug-likeness (QED) is 0.410. The first-order chi connectivity index (χ1) is 7.07. The molecule has 0 saturated carbocycles. The number of nitrogens with zero attached hydrogens (tertiary/aromatic N) is 2. The summed E-state index contributed by atoms with van der Waals surface area (Å²) < 4.78 is 0. The summed E-state index contributed by atoms with van der Waals surface area (Å²) in [5.41, 5.74) is 2.23. The first-order valence-electron chi connectivity index (χ1n) is 4.71. The molecule has 0 atom stereocenters. The number of hydrogen-bond donors (Lipinski definition) is 4. The molecule has 0 aliphatic carbocycles. The smallest absolute Gasteiger partial charge is 0.160 e. The maximum atomic E-state index is 9.06. The van der Waals surface area contributed by atoms with Gasteiger partial charge in [-0.1, -0.05) is 13.8 Å². The highest BCUT2D eigenvalue weighted by atomic mass is 16.3. The van der Waals surface area contributed by atoms with Crippen molar-refractivity contribution in [2.45, 2.75) is 13.8 Å². The number of nitrogens with one attached hydrogen (secondary N) is 2. The van der Waals surface area contributed by atoms with E-state index >= 15 is 0 Å². The van der Waals surface area contributed by atoms with Gasteiger partial charge in [-0.3, -0.25) is 4.98 Å². The van der Waals surface area contributed by atoms with Crippen molar-refractivity contribution >= 4 is 11.6 Å². The number of hydrogen-bond acceptors (Lipinski definition) is 6. The normalized spacial score (nSPS) is 11.2. The molecule has 0 spiro atoms. The number of anilines is 2. The fourth-order valence-electron chi connectivity index (χ4n) is 0.906. The minimum absolute atomic E-state index is 0.113. The van der Waals surface area contributed by atoms with Crippen molar-refractivity contribution in [3.8, 4) is 0 Å². The van der Waals surface area contributed by atoms with E-state index in [4.69, 9.17) is 10.9 Å². The first-order valence-corrected chi connectivity index (χ1v) is 4.71. The van der Waals surface area contributed by atoms with E-state index in [-0.39, 0.29) is 12.0 Å². The Kier molecular flexibility index (Phi) is 3.81. The summed E-state index contributed by atoms with van der Waals surface area (Å²) in [5, 5.41) is 12.1. The Hall–Kier alpha value is -1.40. The van der Waals surface area contributed by atoms with Crippen molar-refractivity contribution in [1.29, 1.82) is 0 Å². The van der Waals surface area contributed by atoms with E-state index in [9.17, 15) is 0 Å². The summed E-state index contributed by atoms with van der Waals surface area (Å²) in [7, 11) is 0. The fourth-order valence-corrected chi connectivity index (χ4v) is 0.906. The highest BCUT2D eigenvalue weighted by Gasteiger charge is 2.16. The summed E-state index contributed by atoms with van der Waals surface area (Å²) in [6.07, 6.45) is 3.14. The molecule has 6 heteroatoms. The molecule has 1 aromatic rings. The number of aliphatic hydroxyl groups is 1. The third kappa shape index (κ3) is 3.69. The lowest BCUT2D eigenvalue weighted by atomic mass is 9.95. The molecular formula is C9H17N5O. The van der Waals surface area contributed by atoms with E-state index in [0.29, 0.717) is 18.2 Å². The highest BCUT2D eigenvalue weighted by Crippen LogP contribution is 2.14. The Morgan fingerprint density at radius 1 is 1.40 bits per heavy atom. The molecule has 0 bridgehead atoms. The largest absolute Gasteiger partial charge is 0.396 e. The van der Waals surface area contributed by atoms with E-state index in [1.807, 2.05) is 13.8 Å². The van der Waals surface area contributed by atoms with Gasteiger partial charge in [0.2, 0.25) is 0 Å². The third-order valence-corrected chi connectivity index (χ3v) is 1.96. The van der Waals surface area contributed by atoms with E-state index in [2.05, 4.69) is 20.7 Å². The summed E-state index contributed by atoms with van der Waals surface area (Å²) in [4.78, 5) is 8.09. The molecule has 0 aliphatic heterocycles. The maximum absolute atomic E-state index is 9.06. The van der Waals surface area contributed by atoms with Crippen LogP contribution in [-0.2, 0) is 0 Å². The Balaban J connectivity index is 2.57. The van der Waals surface area contributed by atoms with Crippen LogP contribution in [0.3, 0.4) is 0 Å².